The highest BCUT2D eigenvalue weighted by molar-refractivity contribution is 5.79. The maximum absolute atomic E-state index is 4.75. The van der Waals surface area contributed by atoms with Crippen molar-refractivity contribution in [3.05, 3.63) is 94.7 Å². The molecule has 0 unspecified atom stereocenters. The summed E-state index contributed by atoms with van der Waals surface area (Å²) in [4.78, 5) is 9.26. The number of rotatable bonds is 3. The number of pyridine rings is 2. The van der Waals surface area contributed by atoms with Crippen molar-refractivity contribution in [1.29, 1.82) is 0 Å². The lowest BCUT2D eigenvalue weighted by molar-refractivity contribution is 0.556. The van der Waals surface area contributed by atoms with Gasteiger partial charge in [-0.3, -0.25) is 9.97 Å². The van der Waals surface area contributed by atoms with Crippen LogP contribution in [0.5, 0.6) is 0 Å². The minimum Gasteiger partial charge on any atom is -0.260 e. The van der Waals surface area contributed by atoms with E-state index in [4.69, 9.17) is 4.98 Å². The van der Waals surface area contributed by atoms with Crippen LogP contribution in [0.25, 0.3) is 10.9 Å². The van der Waals surface area contributed by atoms with Gasteiger partial charge in [0.2, 0.25) is 0 Å². The van der Waals surface area contributed by atoms with Crippen LogP contribution in [0.2, 0.25) is 0 Å². The third-order valence-corrected chi connectivity index (χ3v) is 7.44. The highest BCUT2D eigenvalue weighted by Crippen LogP contribution is 2.26. The molecule has 0 aliphatic carbocycles. The molecule has 4 nitrogen and oxygen atoms in total. The van der Waals surface area contributed by atoms with Crippen molar-refractivity contribution in [2.24, 2.45) is 0 Å². The zero-order valence-electron chi connectivity index (χ0n) is 29.8. The van der Waals surface area contributed by atoms with Crippen molar-refractivity contribution >= 4 is 10.9 Å². The average molecular weight is 583 g/mol. The number of aromatic nitrogens is 4. The number of benzene rings is 1. The van der Waals surface area contributed by atoms with Crippen molar-refractivity contribution in [3.8, 4) is 0 Å². The van der Waals surface area contributed by atoms with Gasteiger partial charge in [-0.2, -0.15) is 10.2 Å². The number of fused-ring (bicyclic) bond motifs is 1. The van der Waals surface area contributed by atoms with E-state index in [0.717, 1.165) is 28.3 Å². The number of hydrogen-bond acceptors (Lipinski definition) is 4. The quantitative estimate of drug-likeness (QED) is 0.241. The molecule has 0 N–H and O–H groups in total. The summed E-state index contributed by atoms with van der Waals surface area (Å²) in [5, 5.41) is 9.54. The second kappa shape index (κ2) is 14.6. The maximum atomic E-state index is 4.75. The monoisotopic (exact) mass is 582 g/mol. The van der Waals surface area contributed by atoms with Crippen LogP contribution in [0.4, 0.5) is 0 Å². The van der Waals surface area contributed by atoms with Gasteiger partial charge in [-0.1, -0.05) is 122 Å². The minimum absolute atomic E-state index is 0.116. The van der Waals surface area contributed by atoms with E-state index in [9.17, 15) is 0 Å². The van der Waals surface area contributed by atoms with Gasteiger partial charge in [0.05, 0.1) is 16.9 Å². The van der Waals surface area contributed by atoms with Gasteiger partial charge in [0.15, 0.2) is 0 Å². The van der Waals surface area contributed by atoms with Crippen molar-refractivity contribution < 1.29 is 0 Å². The lowest BCUT2D eigenvalue weighted by Gasteiger charge is -2.22. The van der Waals surface area contributed by atoms with E-state index in [-0.39, 0.29) is 16.2 Å². The fourth-order valence-electron chi connectivity index (χ4n) is 4.17. The van der Waals surface area contributed by atoms with E-state index < -0.39 is 0 Å². The van der Waals surface area contributed by atoms with E-state index >= 15 is 0 Å². The summed E-state index contributed by atoms with van der Waals surface area (Å²) in [6.45, 7) is 32.7. The first kappa shape index (κ1) is 36.1. The third kappa shape index (κ3) is 11.1. The predicted octanol–water partition coefficient (Wildman–Crippen LogP) is 11.1. The van der Waals surface area contributed by atoms with Crippen molar-refractivity contribution in [2.75, 3.05) is 0 Å². The lowest BCUT2D eigenvalue weighted by Crippen LogP contribution is -2.16. The largest absolute Gasteiger partial charge is 0.260 e. The molecule has 0 amide bonds. The Labute approximate surface area is 263 Å². The Morgan fingerprint density at radius 1 is 0.512 bits per heavy atom. The summed E-state index contributed by atoms with van der Waals surface area (Å²) in [7, 11) is 0. The van der Waals surface area contributed by atoms with Gasteiger partial charge in [0.25, 0.3) is 0 Å². The van der Waals surface area contributed by atoms with Crippen molar-refractivity contribution in [1.82, 2.24) is 20.2 Å². The Balaban J connectivity index is 0.000000229. The zero-order chi connectivity index (χ0) is 32.8. The summed E-state index contributed by atoms with van der Waals surface area (Å²) < 4.78 is 0. The molecule has 1 aromatic carbocycles. The molecule has 4 rings (SSSR count). The van der Waals surface area contributed by atoms with E-state index in [2.05, 4.69) is 174 Å². The second-order valence-electron chi connectivity index (χ2n) is 15.7. The molecule has 0 fully saturated rings. The average Bonchev–Trinajstić information content (AvgIpc) is 2.91. The van der Waals surface area contributed by atoms with Crippen molar-refractivity contribution in [3.63, 3.8) is 0 Å². The molecule has 4 aromatic rings. The normalized spacial score (nSPS) is 12.2. The van der Waals surface area contributed by atoms with Gasteiger partial charge in [0.1, 0.15) is 0 Å². The summed E-state index contributed by atoms with van der Waals surface area (Å²) in [5.74, 6) is 1.51. The van der Waals surface area contributed by atoms with E-state index in [1.807, 2.05) is 6.20 Å². The molecule has 234 valence electrons. The van der Waals surface area contributed by atoms with Gasteiger partial charge in [-0.15, -0.1) is 0 Å². The number of hydrogen-bond donors (Lipinski definition) is 0. The fraction of sp³-hybridized carbons (Fsp3) is 0.538. The minimum atomic E-state index is 0.116. The molecule has 0 bridgehead atoms. The first-order valence-electron chi connectivity index (χ1n) is 15.9. The molecule has 0 saturated carbocycles. The summed E-state index contributed by atoms with van der Waals surface area (Å²) in [6.07, 6.45) is 2.00. The maximum Gasteiger partial charge on any atom is 0.0705 e. The molecule has 43 heavy (non-hydrogen) atoms. The Kier molecular flexibility index (Phi) is 12.2. The van der Waals surface area contributed by atoms with E-state index in [1.54, 1.807) is 0 Å². The van der Waals surface area contributed by atoms with Gasteiger partial charge < -0.3 is 0 Å². The van der Waals surface area contributed by atoms with Crippen LogP contribution >= 0.6 is 0 Å². The smallest absolute Gasteiger partial charge is 0.0705 e. The number of nitrogens with zero attached hydrogens (tertiary/aromatic N) is 4. The van der Waals surface area contributed by atoms with Crippen LogP contribution in [-0.4, -0.2) is 20.2 Å². The van der Waals surface area contributed by atoms with Gasteiger partial charge in [0, 0.05) is 33.8 Å². The Morgan fingerprint density at radius 2 is 1.02 bits per heavy atom. The molecule has 4 heteroatoms. The molecule has 0 radical (unpaired) electrons. The first-order valence-corrected chi connectivity index (χ1v) is 15.9. The van der Waals surface area contributed by atoms with Crippen LogP contribution in [0, 0.1) is 0 Å². The van der Waals surface area contributed by atoms with Crippen molar-refractivity contribution in [2.45, 2.75) is 138 Å². The molecule has 3 heterocycles. The molecular weight excluding hydrogens is 524 g/mol. The molecule has 3 aromatic heterocycles. The molecular formula is C39H58N4. The molecule has 0 aliphatic heterocycles. The molecule has 0 saturated heterocycles. The SMILES string of the molecule is CC(C)(C)c1ccc(C(C)(C)C)nc1.CC(C)c1ccc(C(C)C)nn1.CC(C)c1ccc2nc(C(C)(C)C)ccc2c1. The van der Waals surface area contributed by atoms with Crippen LogP contribution in [0.1, 0.15) is 156 Å². The fourth-order valence-corrected chi connectivity index (χ4v) is 4.17. The topological polar surface area (TPSA) is 51.6 Å². The van der Waals surface area contributed by atoms with Crippen LogP contribution in [-0.2, 0) is 16.2 Å². The zero-order valence-corrected chi connectivity index (χ0v) is 29.8. The summed E-state index contributed by atoms with van der Waals surface area (Å²) >= 11 is 0. The molecule has 0 aliphatic rings. The van der Waals surface area contributed by atoms with Crippen LogP contribution in [0.15, 0.2) is 60.8 Å². The highest BCUT2D eigenvalue weighted by atomic mass is 15.1. The Morgan fingerprint density at radius 3 is 1.40 bits per heavy atom. The Bertz CT molecular complexity index is 1350. The lowest BCUT2D eigenvalue weighted by atomic mass is 9.86. The van der Waals surface area contributed by atoms with Gasteiger partial charge in [-0.25, -0.2) is 0 Å². The third-order valence-electron chi connectivity index (χ3n) is 7.44. The molecule has 0 spiro atoms. The highest BCUT2D eigenvalue weighted by Gasteiger charge is 2.18. The Hall–Kier alpha value is -3.14. The van der Waals surface area contributed by atoms with Crippen LogP contribution < -0.4 is 0 Å². The summed E-state index contributed by atoms with van der Waals surface area (Å²) in [5.41, 5.74) is 8.69. The second-order valence-corrected chi connectivity index (χ2v) is 15.7. The molecule has 0 atom stereocenters. The van der Waals surface area contributed by atoms with E-state index in [0.29, 0.717) is 17.8 Å². The first-order chi connectivity index (χ1) is 19.7. The van der Waals surface area contributed by atoms with Gasteiger partial charge in [-0.05, 0) is 70.7 Å². The van der Waals surface area contributed by atoms with Crippen LogP contribution in [0.3, 0.4) is 0 Å². The van der Waals surface area contributed by atoms with Gasteiger partial charge >= 0.3 is 0 Å². The standard InChI is InChI=1S/C16H21N.C13H21N.C10H16N2/c1-11(2)12-6-8-14-13(10-12)7-9-15(17-14)16(3,4)5;1-12(2,3)10-7-8-11(14-9-10)13(4,5)6;1-7(2)9-5-6-10(8(3)4)12-11-9/h6-11H,1-5H3;7-9H,1-6H3;5-8H,1-4H3. The predicted molar refractivity (Wildman–Crippen MR) is 186 cm³/mol. The summed E-state index contributed by atoms with van der Waals surface area (Å²) in [6, 6.07) is 19.4. The van der Waals surface area contributed by atoms with E-state index in [1.165, 1.54) is 16.5 Å².